The van der Waals surface area contributed by atoms with Gasteiger partial charge in [-0.05, 0) is 70.3 Å². The van der Waals surface area contributed by atoms with Gasteiger partial charge in [-0.3, -0.25) is 4.79 Å². The molecule has 1 amide bonds. The van der Waals surface area contributed by atoms with E-state index < -0.39 is 5.82 Å². The summed E-state index contributed by atoms with van der Waals surface area (Å²) in [6.45, 7) is 3.84. The van der Waals surface area contributed by atoms with Gasteiger partial charge in [0, 0.05) is 46.3 Å². The van der Waals surface area contributed by atoms with Gasteiger partial charge in [-0.1, -0.05) is 22.0 Å². The monoisotopic (exact) mass is 511 g/mol. The predicted molar refractivity (Wildman–Crippen MR) is 135 cm³/mol. The van der Waals surface area contributed by atoms with Crippen molar-refractivity contribution in [1.29, 1.82) is 0 Å². The zero-order chi connectivity index (χ0) is 23.5. The number of aromatic nitrogens is 2. The predicted octanol–water partition coefficient (Wildman–Crippen LogP) is 5.02. The summed E-state index contributed by atoms with van der Waals surface area (Å²) in [5, 5.41) is 3.72. The normalized spacial score (nSPS) is 15.0. The Morgan fingerprint density at radius 2 is 1.94 bits per heavy atom. The number of aryl methyl sites for hydroxylation is 1. The van der Waals surface area contributed by atoms with Crippen LogP contribution in [-0.4, -0.2) is 54.0 Å². The van der Waals surface area contributed by atoms with Crippen LogP contribution in [0.4, 0.5) is 16.0 Å². The third-order valence-corrected chi connectivity index (χ3v) is 6.49. The number of nitrogens with one attached hydrogen (secondary N) is 1. The van der Waals surface area contributed by atoms with Gasteiger partial charge in [0.25, 0.3) is 0 Å². The minimum absolute atomic E-state index is 0.337. The first-order chi connectivity index (χ1) is 15.8. The number of rotatable bonds is 5. The molecule has 4 rings (SSSR count). The number of amides is 1. The first kappa shape index (κ1) is 23.3. The van der Waals surface area contributed by atoms with Crippen molar-refractivity contribution >= 4 is 50.5 Å². The molecule has 1 saturated heterocycles. The van der Waals surface area contributed by atoms with E-state index in [0.29, 0.717) is 21.8 Å². The van der Waals surface area contributed by atoms with Gasteiger partial charge in [0.2, 0.25) is 11.9 Å². The van der Waals surface area contributed by atoms with Crippen LogP contribution >= 0.6 is 15.9 Å². The van der Waals surface area contributed by atoms with E-state index in [1.165, 1.54) is 18.2 Å². The molecule has 0 unspecified atom stereocenters. The van der Waals surface area contributed by atoms with Crippen LogP contribution in [0, 0.1) is 12.7 Å². The smallest absolute Gasteiger partial charge is 0.248 e. The SMILES string of the molecule is Cc1nc(N2CCC(N(C)C)CC2)nc2ccc(NC(=O)/C=C/c3ccc(Br)cc3F)cc12. The van der Waals surface area contributed by atoms with Crippen LogP contribution in [-0.2, 0) is 4.79 Å². The highest BCUT2D eigenvalue weighted by Gasteiger charge is 2.22. The summed E-state index contributed by atoms with van der Waals surface area (Å²) in [6.07, 6.45) is 4.96. The van der Waals surface area contributed by atoms with E-state index in [9.17, 15) is 9.18 Å². The van der Waals surface area contributed by atoms with Crippen LogP contribution in [0.3, 0.4) is 0 Å². The molecule has 1 fully saturated rings. The lowest BCUT2D eigenvalue weighted by atomic mass is 10.0. The summed E-state index contributed by atoms with van der Waals surface area (Å²) in [5.74, 6) is 0.0257. The van der Waals surface area contributed by atoms with Gasteiger partial charge in [-0.2, -0.15) is 0 Å². The van der Waals surface area contributed by atoms with Crippen molar-refractivity contribution in [3.05, 3.63) is 64.0 Å². The molecule has 0 saturated carbocycles. The minimum Gasteiger partial charge on any atom is -0.341 e. The van der Waals surface area contributed by atoms with Crippen molar-refractivity contribution in [2.24, 2.45) is 0 Å². The Bertz CT molecular complexity index is 1200. The van der Waals surface area contributed by atoms with Gasteiger partial charge in [-0.25, -0.2) is 14.4 Å². The molecule has 8 heteroatoms. The number of hydrogen-bond acceptors (Lipinski definition) is 5. The standard InChI is InChI=1S/C25H27BrFN5O/c1-16-21-15-19(29-24(33)9-5-17-4-6-18(26)14-22(17)27)7-8-23(21)30-25(28-16)32-12-10-20(11-13-32)31(2)3/h4-9,14-15,20H,10-13H2,1-3H3,(H,29,33)/b9-5+. The van der Waals surface area contributed by atoms with Crippen molar-refractivity contribution in [1.82, 2.24) is 14.9 Å². The zero-order valence-electron chi connectivity index (χ0n) is 19.0. The summed E-state index contributed by atoms with van der Waals surface area (Å²) in [4.78, 5) is 26.4. The van der Waals surface area contributed by atoms with Gasteiger partial charge in [0.1, 0.15) is 5.82 Å². The second kappa shape index (κ2) is 9.97. The maximum Gasteiger partial charge on any atom is 0.248 e. The van der Waals surface area contributed by atoms with Gasteiger partial charge >= 0.3 is 0 Å². The molecule has 0 spiro atoms. The quantitative estimate of drug-likeness (QED) is 0.487. The van der Waals surface area contributed by atoms with Crippen LogP contribution < -0.4 is 10.2 Å². The average Bonchev–Trinajstić information content (AvgIpc) is 2.79. The second-order valence-electron chi connectivity index (χ2n) is 8.51. The summed E-state index contributed by atoms with van der Waals surface area (Å²) < 4.78 is 14.6. The summed E-state index contributed by atoms with van der Waals surface area (Å²) in [5.41, 5.74) is 2.70. The second-order valence-corrected chi connectivity index (χ2v) is 9.43. The minimum atomic E-state index is -0.395. The molecule has 2 aromatic carbocycles. The molecule has 0 aliphatic carbocycles. The number of hydrogen-bond donors (Lipinski definition) is 1. The molecule has 172 valence electrons. The Balaban J connectivity index is 1.47. The highest BCUT2D eigenvalue weighted by Crippen LogP contribution is 2.25. The van der Waals surface area contributed by atoms with Crippen LogP contribution in [0.1, 0.15) is 24.1 Å². The molecular weight excluding hydrogens is 485 g/mol. The molecule has 0 atom stereocenters. The van der Waals surface area contributed by atoms with Crippen LogP contribution in [0.25, 0.3) is 17.0 Å². The van der Waals surface area contributed by atoms with Crippen LogP contribution in [0.15, 0.2) is 46.9 Å². The molecule has 0 radical (unpaired) electrons. The van der Waals surface area contributed by atoms with Gasteiger partial charge < -0.3 is 15.1 Å². The number of piperidine rings is 1. The van der Waals surface area contributed by atoms with E-state index in [-0.39, 0.29) is 5.91 Å². The lowest BCUT2D eigenvalue weighted by Gasteiger charge is -2.35. The lowest BCUT2D eigenvalue weighted by Crippen LogP contribution is -2.42. The van der Waals surface area contributed by atoms with Crippen LogP contribution in [0.5, 0.6) is 0 Å². The number of fused-ring (bicyclic) bond motifs is 1. The molecule has 1 aromatic heterocycles. The van der Waals surface area contributed by atoms with Gasteiger partial charge in [-0.15, -0.1) is 0 Å². The molecule has 1 N–H and O–H groups in total. The number of halogens is 2. The van der Waals surface area contributed by atoms with E-state index in [4.69, 9.17) is 9.97 Å². The highest BCUT2D eigenvalue weighted by molar-refractivity contribution is 9.10. The number of carbonyl (C=O) groups excluding carboxylic acids is 1. The summed E-state index contributed by atoms with van der Waals surface area (Å²) in [7, 11) is 4.25. The van der Waals surface area contributed by atoms with E-state index in [1.54, 1.807) is 12.1 Å². The Labute approximate surface area is 201 Å². The highest BCUT2D eigenvalue weighted by atomic mass is 79.9. The van der Waals surface area contributed by atoms with Crippen molar-refractivity contribution in [2.45, 2.75) is 25.8 Å². The number of anilines is 2. The van der Waals surface area contributed by atoms with Crippen molar-refractivity contribution in [3.8, 4) is 0 Å². The fourth-order valence-corrected chi connectivity index (χ4v) is 4.39. The summed E-state index contributed by atoms with van der Waals surface area (Å²) >= 11 is 3.22. The average molecular weight is 512 g/mol. The van der Waals surface area contributed by atoms with Gasteiger partial charge in [0.15, 0.2) is 0 Å². The molecular formula is C25H27BrFN5O. The number of benzene rings is 2. The van der Waals surface area contributed by atoms with Gasteiger partial charge in [0.05, 0.1) is 11.2 Å². The maximum atomic E-state index is 13.9. The molecule has 33 heavy (non-hydrogen) atoms. The number of nitrogens with zero attached hydrogens (tertiary/aromatic N) is 4. The zero-order valence-corrected chi connectivity index (χ0v) is 20.6. The number of carbonyl (C=O) groups is 1. The first-order valence-electron chi connectivity index (χ1n) is 10.9. The van der Waals surface area contributed by atoms with Crippen molar-refractivity contribution < 1.29 is 9.18 Å². The molecule has 3 aromatic rings. The maximum absolute atomic E-state index is 13.9. The Hall–Kier alpha value is -2.84. The van der Waals surface area contributed by atoms with Crippen molar-refractivity contribution in [3.63, 3.8) is 0 Å². The van der Waals surface area contributed by atoms with Crippen LogP contribution in [0.2, 0.25) is 0 Å². The fraction of sp³-hybridized carbons (Fsp3) is 0.320. The Morgan fingerprint density at radius 3 is 2.64 bits per heavy atom. The first-order valence-corrected chi connectivity index (χ1v) is 11.7. The molecule has 1 aliphatic rings. The van der Waals surface area contributed by atoms with E-state index in [2.05, 4.69) is 45.1 Å². The third kappa shape index (κ3) is 5.57. The molecule has 6 nitrogen and oxygen atoms in total. The molecule has 0 bridgehead atoms. The Kier molecular flexibility index (Phi) is 7.05. The van der Waals surface area contributed by atoms with E-state index >= 15 is 0 Å². The third-order valence-electron chi connectivity index (χ3n) is 6.00. The lowest BCUT2D eigenvalue weighted by molar-refractivity contribution is -0.111. The Morgan fingerprint density at radius 1 is 1.18 bits per heavy atom. The summed E-state index contributed by atoms with van der Waals surface area (Å²) in [6, 6.07) is 10.9. The van der Waals surface area contributed by atoms with E-state index in [0.717, 1.165) is 48.5 Å². The topological polar surface area (TPSA) is 61.4 Å². The largest absolute Gasteiger partial charge is 0.341 e. The van der Waals surface area contributed by atoms with Crippen molar-refractivity contribution in [2.75, 3.05) is 37.4 Å². The van der Waals surface area contributed by atoms with E-state index in [1.807, 2.05) is 25.1 Å². The fourth-order valence-electron chi connectivity index (χ4n) is 4.05. The molecule has 1 aliphatic heterocycles. The molecule has 2 heterocycles.